The van der Waals surface area contributed by atoms with Gasteiger partial charge in [-0.05, 0) is 6.92 Å². The SMILES string of the molecule is CN=C(NCCN1CCOCC1C)N1CCOC(c2cnn(C)c2)C1. The van der Waals surface area contributed by atoms with E-state index in [1.165, 1.54) is 0 Å². The molecule has 0 bridgehead atoms. The van der Waals surface area contributed by atoms with Crippen LogP contribution < -0.4 is 5.32 Å². The van der Waals surface area contributed by atoms with E-state index in [1.54, 1.807) is 0 Å². The maximum atomic E-state index is 5.92. The summed E-state index contributed by atoms with van der Waals surface area (Å²) >= 11 is 0. The second-order valence-corrected chi connectivity index (χ2v) is 6.69. The number of hydrogen-bond acceptors (Lipinski definition) is 5. The van der Waals surface area contributed by atoms with Crippen molar-refractivity contribution < 1.29 is 9.47 Å². The highest BCUT2D eigenvalue weighted by Crippen LogP contribution is 2.21. The zero-order valence-electron chi connectivity index (χ0n) is 15.5. The second kappa shape index (κ2) is 8.64. The van der Waals surface area contributed by atoms with Crippen LogP contribution in [0.5, 0.6) is 0 Å². The lowest BCUT2D eigenvalue weighted by Gasteiger charge is -2.36. The Kier molecular flexibility index (Phi) is 6.28. The summed E-state index contributed by atoms with van der Waals surface area (Å²) in [6.07, 6.45) is 3.94. The molecule has 2 fully saturated rings. The van der Waals surface area contributed by atoms with E-state index >= 15 is 0 Å². The number of ether oxygens (including phenoxy) is 2. The first-order chi connectivity index (χ1) is 12.2. The fraction of sp³-hybridized carbons (Fsp3) is 0.765. The number of morpholine rings is 2. The minimum Gasteiger partial charge on any atom is -0.379 e. The molecule has 3 rings (SSSR count). The molecule has 0 amide bonds. The smallest absolute Gasteiger partial charge is 0.193 e. The molecule has 8 nitrogen and oxygen atoms in total. The van der Waals surface area contributed by atoms with Crippen LogP contribution in [0.1, 0.15) is 18.6 Å². The molecule has 2 aliphatic rings. The molecule has 0 radical (unpaired) electrons. The summed E-state index contributed by atoms with van der Waals surface area (Å²) in [6, 6.07) is 0.482. The lowest BCUT2D eigenvalue weighted by Crippen LogP contribution is -2.51. The van der Waals surface area contributed by atoms with Gasteiger partial charge in [0, 0.05) is 58.1 Å². The fourth-order valence-electron chi connectivity index (χ4n) is 3.39. The summed E-state index contributed by atoms with van der Waals surface area (Å²) < 4.78 is 13.2. The average Bonchev–Trinajstić information content (AvgIpc) is 3.07. The van der Waals surface area contributed by atoms with Gasteiger partial charge in [-0.15, -0.1) is 0 Å². The highest BCUT2D eigenvalue weighted by molar-refractivity contribution is 5.80. The maximum absolute atomic E-state index is 5.92. The molecule has 2 aliphatic heterocycles. The van der Waals surface area contributed by atoms with Crippen molar-refractivity contribution in [3.8, 4) is 0 Å². The first kappa shape index (κ1) is 18.2. The van der Waals surface area contributed by atoms with Crippen LogP contribution in [0.15, 0.2) is 17.4 Å². The largest absolute Gasteiger partial charge is 0.379 e. The van der Waals surface area contributed by atoms with E-state index in [1.807, 2.05) is 31.2 Å². The zero-order valence-corrected chi connectivity index (χ0v) is 15.5. The summed E-state index contributed by atoms with van der Waals surface area (Å²) in [5.74, 6) is 0.943. The Bertz CT molecular complexity index is 575. The summed E-state index contributed by atoms with van der Waals surface area (Å²) in [4.78, 5) is 9.19. The number of aliphatic imine (C=N–C) groups is 1. The number of hydrogen-bond donors (Lipinski definition) is 1. The number of guanidine groups is 1. The van der Waals surface area contributed by atoms with Crippen LogP contribution in [0.25, 0.3) is 0 Å². The molecule has 25 heavy (non-hydrogen) atoms. The number of rotatable bonds is 4. The van der Waals surface area contributed by atoms with Crippen molar-refractivity contribution in [1.82, 2.24) is 24.9 Å². The maximum Gasteiger partial charge on any atom is 0.193 e. The van der Waals surface area contributed by atoms with E-state index in [-0.39, 0.29) is 6.10 Å². The van der Waals surface area contributed by atoms with Gasteiger partial charge in [0.25, 0.3) is 0 Å². The van der Waals surface area contributed by atoms with Gasteiger partial charge >= 0.3 is 0 Å². The first-order valence-corrected chi connectivity index (χ1v) is 9.05. The van der Waals surface area contributed by atoms with Crippen LogP contribution in [0, 0.1) is 0 Å². The van der Waals surface area contributed by atoms with Crippen LogP contribution in [0.2, 0.25) is 0 Å². The molecule has 2 saturated heterocycles. The van der Waals surface area contributed by atoms with E-state index in [2.05, 4.69) is 32.1 Å². The lowest BCUT2D eigenvalue weighted by molar-refractivity contribution is -0.00874. The highest BCUT2D eigenvalue weighted by Gasteiger charge is 2.25. The van der Waals surface area contributed by atoms with Crippen LogP contribution in [-0.2, 0) is 16.5 Å². The van der Waals surface area contributed by atoms with Gasteiger partial charge < -0.3 is 19.7 Å². The third-order valence-corrected chi connectivity index (χ3v) is 4.86. The van der Waals surface area contributed by atoms with Crippen molar-refractivity contribution in [2.45, 2.75) is 19.1 Å². The van der Waals surface area contributed by atoms with Crippen molar-refractivity contribution >= 4 is 5.96 Å². The third kappa shape index (κ3) is 4.71. The molecule has 1 aromatic heterocycles. The Balaban J connectivity index is 1.50. The second-order valence-electron chi connectivity index (χ2n) is 6.69. The van der Waals surface area contributed by atoms with E-state index in [0.29, 0.717) is 12.6 Å². The molecule has 2 atom stereocenters. The molecule has 140 valence electrons. The minimum absolute atomic E-state index is 0.0419. The van der Waals surface area contributed by atoms with Gasteiger partial charge in [0.2, 0.25) is 0 Å². The topological polar surface area (TPSA) is 67.2 Å². The van der Waals surface area contributed by atoms with Crippen LogP contribution in [-0.4, -0.2) is 91.2 Å². The Labute approximate surface area is 149 Å². The highest BCUT2D eigenvalue weighted by atomic mass is 16.5. The molecule has 0 saturated carbocycles. The van der Waals surface area contributed by atoms with E-state index in [9.17, 15) is 0 Å². The normalized spacial score (nSPS) is 26.0. The molecule has 0 aliphatic carbocycles. The average molecular weight is 350 g/mol. The van der Waals surface area contributed by atoms with E-state index in [0.717, 1.165) is 57.5 Å². The van der Waals surface area contributed by atoms with Gasteiger partial charge in [0.1, 0.15) is 6.10 Å². The zero-order chi connectivity index (χ0) is 17.6. The van der Waals surface area contributed by atoms with Gasteiger partial charge in [-0.2, -0.15) is 5.10 Å². The predicted molar refractivity (Wildman–Crippen MR) is 96.7 cm³/mol. The summed E-state index contributed by atoms with van der Waals surface area (Å²) in [6.45, 7) is 9.09. The molecule has 8 heteroatoms. The standard InChI is InChI=1S/C17H30N6O2/c1-14-13-24-8-6-22(14)5-4-19-17(18-2)23-7-9-25-16(12-23)15-10-20-21(3)11-15/h10-11,14,16H,4-9,12-13H2,1-3H3,(H,18,19). The Hall–Kier alpha value is -1.64. The van der Waals surface area contributed by atoms with Crippen molar-refractivity contribution in [2.75, 3.05) is 59.6 Å². The molecular weight excluding hydrogens is 320 g/mol. The molecular formula is C17H30N6O2. The molecule has 3 heterocycles. The van der Waals surface area contributed by atoms with E-state index in [4.69, 9.17) is 9.47 Å². The molecule has 1 N–H and O–H groups in total. The fourth-order valence-corrected chi connectivity index (χ4v) is 3.39. The van der Waals surface area contributed by atoms with E-state index < -0.39 is 0 Å². The quantitative estimate of drug-likeness (QED) is 0.613. The van der Waals surface area contributed by atoms with Crippen molar-refractivity contribution in [1.29, 1.82) is 0 Å². The number of aryl methyl sites for hydroxylation is 1. The third-order valence-electron chi connectivity index (χ3n) is 4.86. The van der Waals surface area contributed by atoms with Crippen molar-refractivity contribution in [3.63, 3.8) is 0 Å². The lowest BCUT2D eigenvalue weighted by atomic mass is 10.1. The number of aromatic nitrogens is 2. The number of nitrogens with one attached hydrogen (secondary N) is 1. The van der Waals surface area contributed by atoms with Crippen molar-refractivity contribution in [2.24, 2.45) is 12.0 Å². The van der Waals surface area contributed by atoms with Gasteiger partial charge in [0.15, 0.2) is 5.96 Å². The molecule has 0 spiro atoms. The first-order valence-electron chi connectivity index (χ1n) is 9.05. The minimum atomic E-state index is 0.0419. The summed E-state index contributed by atoms with van der Waals surface area (Å²) in [5, 5.41) is 7.75. The Morgan fingerprint density at radius 1 is 1.40 bits per heavy atom. The van der Waals surface area contributed by atoms with Gasteiger partial charge in [-0.1, -0.05) is 0 Å². The van der Waals surface area contributed by atoms with Crippen LogP contribution in [0.3, 0.4) is 0 Å². The van der Waals surface area contributed by atoms with Gasteiger partial charge in [0.05, 0.1) is 32.6 Å². The predicted octanol–water partition coefficient (Wildman–Crippen LogP) is 0.0895. The van der Waals surface area contributed by atoms with Crippen LogP contribution in [0.4, 0.5) is 0 Å². The van der Waals surface area contributed by atoms with Gasteiger partial charge in [-0.3, -0.25) is 14.6 Å². The Morgan fingerprint density at radius 2 is 2.28 bits per heavy atom. The summed E-state index contributed by atoms with van der Waals surface area (Å²) in [7, 11) is 3.77. The van der Waals surface area contributed by atoms with Crippen molar-refractivity contribution in [3.05, 3.63) is 18.0 Å². The summed E-state index contributed by atoms with van der Waals surface area (Å²) in [5.41, 5.74) is 1.12. The number of nitrogens with zero attached hydrogens (tertiary/aromatic N) is 5. The molecule has 1 aromatic rings. The molecule has 0 aromatic carbocycles. The Morgan fingerprint density at radius 3 is 3.00 bits per heavy atom. The molecule has 2 unspecified atom stereocenters. The monoisotopic (exact) mass is 350 g/mol. The van der Waals surface area contributed by atoms with Gasteiger partial charge in [-0.25, -0.2) is 0 Å². The van der Waals surface area contributed by atoms with Crippen LogP contribution >= 0.6 is 0 Å².